The van der Waals surface area contributed by atoms with Crippen LogP contribution >= 0.6 is 28.4 Å². The van der Waals surface area contributed by atoms with Crippen LogP contribution in [0.25, 0.3) is 0 Å². The molecular formula is C10H18NO4P3. The lowest BCUT2D eigenvalue weighted by Gasteiger charge is -2.30. The van der Waals surface area contributed by atoms with Crippen molar-refractivity contribution in [1.82, 2.24) is 4.98 Å². The van der Waals surface area contributed by atoms with E-state index in [0.717, 1.165) is 5.69 Å². The lowest BCUT2D eigenvalue weighted by Crippen LogP contribution is -2.40. The van der Waals surface area contributed by atoms with Gasteiger partial charge in [-0.05, 0) is 18.6 Å². The third-order valence-electron chi connectivity index (χ3n) is 3.49. The summed E-state index contributed by atoms with van der Waals surface area (Å²) in [5, 5.41) is 10.9. The third kappa shape index (κ3) is 2.51. The molecule has 1 aromatic rings. The summed E-state index contributed by atoms with van der Waals surface area (Å²) in [6.45, 7) is 0.483. The molecule has 0 spiro atoms. The number of aromatic amines is 1. The Kier molecular flexibility index (Phi) is 5.13. The molecule has 0 amide bonds. The van der Waals surface area contributed by atoms with Crippen LogP contribution in [0.2, 0.25) is 0 Å². The number of hydrogen-bond acceptors (Lipinski definition) is 4. The van der Waals surface area contributed by atoms with E-state index in [9.17, 15) is 5.11 Å². The topological polar surface area (TPSA) is 63.7 Å². The number of aliphatic hydroxyl groups is 1. The molecule has 2 N–H and O–H groups in total. The van der Waals surface area contributed by atoms with Crippen molar-refractivity contribution in [3.8, 4) is 0 Å². The van der Waals surface area contributed by atoms with Crippen molar-refractivity contribution < 1.29 is 18.7 Å². The lowest BCUT2D eigenvalue weighted by atomic mass is 9.95. The van der Waals surface area contributed by atoms with Crippen molar-refractivity contribution in [2.45, 2.75) is 24.2 Å². The van der Waals surface area contributed by atoms with Crippen molar-refractivity contribution in [3.05, 3.63) is 24.0 Å². The number of hydrogen-bond donors (Lipinski definition) is 2. The van der Waals surface area contributed by atoms with Gasteiger partial charge in [0.2, 0.25) is 0 Å². The molecule has 0 bridgehead atoms. The normalized spacial score (nSPS) is 36.1. The van der Waals surface area contributed by atoms with Gasteiger partial charge in [0.1, 0.15) is 11.7 Å². The molecule has 8 heteroatoms. The Labute approximate surface area is 113 Å². The fourth-order valence-corrected chi connectivity index (χ4v) is 3.66. The highest BCUT2D eigenvalue weighted by Crippen LogP contribution is 2.46. The van der Waals surface area contributed by atoms with Crippen LogP contribution < -0.4 is 0 Å². The lowest BCUT2D eigenvalue weighted by molar-refractivity contribution is -0.0654. The maximum atomic E-state index is 10.9. The fraction of sp³-hybridized carbons (Fsp3) is 0.600. The Hall–Kier alpha value is 0.410. The molecule has 1 aromatic heterocycles. The first kappa shape index (κ1) is 14.8. The van der Waals surface area contributed by atoms with E-state index in [1.807, 2.05) is 12.1 Å². The Balaban J connectivity index is 2.30. The molecular weight excluding hydrogens is 291 g/mol. The van der Waals surface area contributed by atoms with Gasteiger partial charge in [0.25, 0.3) is 0 Å². The second-order valence-electron chi connectivity index (χ2n) is 4.46. The summed E-state index contributed by atoms with van der Waals surface area (Å²) in [7, 11) is 6.67. The van der Waals surface area contributed by atoms with Crippen molar-refractivity contribution >= 4 is 28.4 Å². The van der Waals surface area contributed by atoms with E-state index in [1.54, 1.807) is 6.20 Å². The average Bonchev–Trinajstić information content (AvgIpc) is 2.96. The van der Waals surface area contributed by atoms with Gasteiger partial charge in [-0.25, -0.2) is 0 Å². The van der Waals surface area contributed by atoms with Gasteiger partial charge in [-0.15, -0.1) is 0 Å². The first-order valence-corrected chi connectivity index (χ1v) is 6.97. The van der Waals surface area contributed by atoms with Crippen molar-refractivity contribution in [2.75, 3.05) is 6.61 Å². The number of H-pyrrole nitrogens is 1. The van der Waals surface area contributed by atoms with Crippen molar-refractivity contribution in [2.24, 2.45) is 5.92 Å². The molecule has 0 radical (unpaired) electrons. The zero-order chi connectivity index (χ0) is 13.2. The molecule has 0 aliphatic heterocycles. The molecule has 7 atom stereocenters. The highest BCUT2D eigenvalue weighted by Gasteiger charge is 2.55. The van der Waals surface area contributed by atoms with Gasteiger partial charge < -0.3 is 23.7 Å². The van der Waals surface area contributed by atoms with E-state index >= 15 is 0 Å². The maximum absolute atomic E-state index is 10.9. The molecule has 5 nitrogen and oxygen atoms in total. The van der Waals surface area contributed by atoms with Crippen LogP contribution in [0.15, 0.2) is 18.3 Å². The van der Waals surface area contributed by atoms with Crippen LogP contribution in [0.3, 0.4) is 0 Å². The highest BCUT2D eigenvalue weighted by atomic mass is 31.0. The predicted octanol–water partition coefficient (Wildman–Crippen LogP) is 1.38. The van der Waals surface area contributed by atoms with Crippen molar-refractivity contribution in [1.29, 1.82) is 0 Å². The van der Waals surface area contributed by atoms with Gasteiger partial charge in [0.05, 0.1) is 12.7 Å². The zero-order valence-corrected chi connectivity index (χ0v) is 13.2. The summed E-state index contributed by atoms with van der Waals surface area (Å²) in [6, 6.07) is 3.70. The second-order valence-corrected chi connectivity index (χ2v) is 5.34. The summed E-state index contributed by atoms with van der Waals surface area (Å²) in [5.41, 5.74) is -0.367. The molecule has 0 saturated heterocycles. The molecule has 2 rings (SSSR count). The van der Waals surface area contributed by atoms with Gasteiger partial charge in [0, 0.05) is 46.2 Å². The largest absolute Gasteiger partial charge is 0.381 e. The van der Waals surface area contributed by atoms with Crippen LogP contribution in [0.5, 0.6) is 0 Å². The summed E-state index contributed by atoms with van der Waals surface area (Å²) >= 11 is 0. The van der Waals surface area contributed by atoms with E-state index in [1.165, 1.54) is 0 Å². The Morgan fingerprint density at radius 1 is 1.39 bits per heavy atom. The first-order chi connectivity index (χ1) is 8.67. The Morgan fingerprint density at radius 2 is 2.17 bits per heavy atom. The number of rotatable bonds is 5. The molecule has 1 heterocycles. The fourth-order valence-electron chi connectivity index (χ4n) is 2.66. The minimum absolute atomic E-state index is 0.0545. The van der Waals surface area contributed by atoms with Gasteiger partial charge in [-0.2, -0.15) is 0 Å². The molecule has 1 aliphatic rings. The Bertz CT molecular complexity index is 377. The van der Waals surface area contributed by atoms with Crippen LogP contribution in [-0.4, -0.2) is 28.9 Å². The SMILES string of the molecule is O[C@@]1(c2ccc[nH]2)C[C@H](COP)[C@@H](OP)[C@H]1OP. The average molecular weight is 309 g/mol. The minimum atomic E-state index is -1.10. The van der Waals surface area contributed by atoms with E-state index in [0.29, 0.717) is 13.0 Å². The summed E-state index contributed by atoms with van der Waals surface area (Å²) < 4.78 is 15.9. The molecule has 3 unspecified atom stereocenters. The molecule has 1 aliphatic carbocycles. The van der Waals surface area contributed by atoms with E-state index in [-0.39, 0.29) is 12.0 Å². The van der Waals surface area contributed by atoms with Gasteiger partial charge >= 0.3 is 0 Å². The van der Waals surface area contributed by atoms with E-state index < -0.39 is 11.7 Å². The van der Waals surface area contributed by atoms with Gasteiger partial charge in [-0.1, -0.05) is 0 Å². The molecule has 102 valence electrons. The monoisotopic (exact) mass is 309 g/mol. The highest BCUT2D eigenvalue weighted by molar-refractivity contribution is 7.10. The standard InChI is InChI=1S/C10H18NO4P3/c12-10(7-2-1-3-11-7)4-6(5-13-16)8(14-17)9(10)15-18/h1-3,6,8-9,11-12H,4-5,16-18H2/t6-,8-,9-,10-/m1/s1. The quantitative estimate of drug-likeness (QED) is 0.807. The molecule has 18 heavy (non-hydrogen) atoms. The molecule has 1 saturated carbocycles. The van der Waals surface area contributed by atoms with Gasteiger partial charge in [0.15, 0.2) is 0 Å². The number of aromatic nitrogens is 1. The third-order valence-corrected chi connectivity index (χ3v) is 4.29. The Morgan fingerprint density at radius 3 is 2.67 bits per heavy atom. The molecule has 0 aromatic carbocycles. The summed E-state index contributed by atoms with van der Waals surface area (Å²) in [6.07, 6.45) is 1.58. The predicted molar refractivity (Wildman–Crippen MR) is 77.6 cm³/mol. The van der Waals surface area contributed by atoms with E-state index in [4.69, 9.17) is 13.6 Å². The van der Waals surface area contributed by atoms with E-state index in [2.05, 4.69) is 33.4 Å². The van der Waals surface area contributed by atoms with Crippen LogP contribution in [0, 0.1) is 5.92 Å². The summed E-state index contributed by atoms with van der Waals surface area (Å²) in [5.74, 6) is 0.0545. The zero-order valence-electron chi connectivity index (χ0n) is 9.78. The summed E-state index contributed by atoms with van der Waals surface area (Å²) in [4.78, 5) is 3.04. The van der Waals surface area contributed by atoms with Crippen molar-refractivity contribution in [3.63, 3.8) is 0 Å². The number of nitrogens with one attached hydrogen (secondary N) is 1. The van der Waals surface area contributed by atoms with Crippen LogP contribution in [-0.2, 0) is 19.2 Å². The van der Waals surface area contributed by atoms with Crippen LogP contribution in [0.1, 0.15) is 12.1 Å². The molecule has 1 fully saturated rings. The first-order valence-electron chi connectivity index (χ1n) is 5.56. The maximum Gasteiger partial charge on any atom is 0.134 e. The van der Waals surface area contributed by atoms with Crippen LogP contribution in [0.4, 0.5) is 0 Å². The second kappa shape index (κ2) is 6.24. The smallest absolute Gasteiger partial charge is 0.134 e. The minimum Gasteiger partial charge on any atom is -0.381 e. The van der Waals surface area contributed by atoms with Gasteiger partial charge in [-0.3, -0.25) is 0 Å².